The van der Waals surface area contributed by atoms with Crippen molar-refractivity contribution in [3.05, 3.63) is 149 Å². The molecule has 0 aliphatic carbocycles. The molecule has 5 aromatic carbocycles. The van der Waals surface area contributed by atoms with Gasteiger partial charge in [-0.25, -0.2) is 8.78 Å². The van der Waals surface area contributed by atoms with Crippen molar-refractivity contribution in [1.82, 2.24) is 0 Å². The molecule has 0 saturated carbocycles. The van der Waals surface area contributed by atoms with Crippen LogP contribution in [0.5, 0.6) is 0 Å². The minimum absolute atomic E-state index is 0.125. The largest absolute Gasteiger partial charge is 0.289 e. The summed E-state index contributed by atoms with van der Waals surface area (Å²) < 4.78 is 29.6. The summed E-state index contributed by atoms with van der Waals surface area (Å²) in [5.41, 5.74) is 1.03. The van der Waals surface area contributed by atoms with Gasteiger partial charge in [-0.05, 0) is 66.7 Å². The monoisotopic (exact) mass is 545 g/mol. The number of rotatable bonds is 7. The van der Waals surface area contributed by atoms with Crippen molar-refractivity contribution in [2.24, 2.45) is 0 Å². The Hall–Kier alpha value is -3.38. The molecule has 0 aliphatic rings. The Morgan fingerprint density at radius 1 is 0.649 bits per heavy atom. The number of benzene rings is 5. The van der Waals surface area contributed by atoms with Crippen LogP contribution < -0.4 is 0 Å². The van der Waals surface area contributed by atoms with E-state index in [1.165, 1.54) is 23.9 Å². The third-order valence-electron chi connectivity index (χ3n) is 5.63. The van der Waals surface area contributed by atoms with Crippen LogP contribution in [0.1, 0.15) is 15.9 Å². The third-order valence-corrected chi connectivity index (χ3v) is 9.23. The predicted molar refractivity (Wildman–Crippen MR) is 147 cm³/mol. The van der Waals surface area contributed by atoms with Crippen molar-refractivity contribution in [3.8, 4) is 0 Å². The van der Waals surface area contributed by atoms with Crippen LogP contribution in [0.2, 0.25) is 5.02 Å². The van der Waals surface area contributed by atoms with Crippen molar-refractivity contribution in [3.63, 3.8) is 0 Å². The predicted octanol–water partition coefficient (Wildman–Crippen LogP) is 9.10. The van der Waals surface area contributed by atoms with Gasteiger partial charge in [-0.1, -0.05) is 78.0 Å². The third kappa shape index (κ3) is 5.64. The average Bonchev–Trinajstić information content (AvgIpc) is 2.92. The fraction of sp³-hybridized carbons (Fsp3) is 0. The minimum atomic E-state index is -0.941. The van der Waals surface area contributed by atoms with Crippen molar-refractivity contribution in [1.29, 1.82) is 0 Å². The Morgan fingerprint density at radius 2 is 1.19 bits per heavy atom. The normalized spacial score (nSPS) is 11.0. The average molecular weight is 546 g/mol. The molecule has 6 heteroatoms. The lowest BCUT2D eigenvalue weighted by molar-refractivity contribution is 0.103. The van der Waals surface area contributed by atoms with Crippen molar-refractivity contribution in [2.75, 3.05) is 0 Å². The van der Waals surface area contributed by atoms with E-state index in [2.05, 4.69) is 0 Å². The Labute approximate surface area is 226 Å². The van der Waals surface area contributed by atoms with Crippen LogP contribution in [0.4, 0.5) is 8.78 Å². The fourth-order valence-corrected chi connectivity index (χ4v) is 7.16. The SMILES string of the molecule is O=C(c1ccccc1)c1ccc(Sc2ccc([S+](c3ccccc3F)c3ccccc3F)cc2)cc1Cl. The number of carbonyl (C=O) groups is 1. The summed E-state index contributed by atoms with van der Waals surface area (Å²) >= 11 is 7.96. The van der Waals surface area contributed by atoms with E-state index >= 15 is 0 Å². The van der Waals surface area contributed by atoms with Crippen molar-refractivity contribution >= 4 is 40.0 Å². The molecule has 0 N–H and O–H groups in total. The van der Waals surface area contributed by atoms with Gasteiger partial charge in [0.05, 0.1) is 5.02 Å². The van der Waals surface area contributed by atoms with Gasteiger partial charge in [0, 0.05) is 20.9 Å². The van der Waals surface area contributed by atoms with Crippen LogP contribution in [0.3, 0.4) is 0 Å². The topological polar surface area (TPSA) is 17.1 Å². The van der Waals surface area contributed by atoms with Gasteiger partial charge in [-0.15, -0.1) is 0 Å². The van der Waals surface area contributed by atoms with E-state index in [0.717, 1.165) is 14.7 Å². The second-order valence-corrected chi connectivity index (χ2v) is 11.6. The summed E-state index contributed by atoms with van der Waals surface area (Å²) in [5.74, 6) is -0.862. The van der Waals surface area contributed by atoms with Crippen molar-refractivity contribution in [2.45, 2.75) is 24.5 Å². The maximum absolute atomic E-state index is 14.8. The summed E-state index contributed by atoms with van der Waals surface area (Å²) in [6.07, 6.45) is 0. The molecule has 1 nitrogen and oxygen atoms in total. The second-order valence-electron chi connectivity index (χ2n) is 8.08. The summed E-state index contributed by atoms with van der Waals surface area (Å²) in [5, 5.41) is 0.385. The Balaban J connectivity index is 1.41. The zero-order valence-electron chi connectivity index (χ0n) is 19.4. The maximum Gasteiger partial charge on any atom is 0.202 e. The maximum atomic E-state index is 14.8. The first kappa shape index (κ1) is 25.3. The number of hydrogen-bond donors (Lipinski definition) is 0. The molecule has 0 aliphatic heterocycles. The summed E-state index contributed by atoms with van der Waals surface area (Å²) in [6.45, 7) is 0. The molecule has 0 amide bonds. The van der Waals surface area contributed by atoms with Gasteiger partial charge in [0.2, 0.25) is 9.79 Å². The highest BCUT2D eigenvalue weighted by atomic mass is 35.5. The molecular weight excluding hydrogens is 526 g/mol. The molecule has 0 saturated heterocycles. The lowest BCUT2D eigenvalue weighted by Gasteiger charge is -2.10. The van der Waals surface area contributed by atoms with Crippen LogP contribution in [0.25, 0.3) is 0 Å². The van der Waals surface area contributed by atoms with Gasteiger partial charge in [-0.3, -0.25) is 4.79 Å². The Morgan fingerprint density at radius 3 is 1.76 bits per heavy atom. The smallest absolute Gasteiger partial charge is 0.202 e. The van der Waals surface area contributed by atoms with Crippen LogP contribution in [-0.4, -0.2) is 5.78 Å². The highest BCUT2D eigenvalue weighted by Gasteiger charge is 2.34. The molecule has 0 bridgehead atoms. The van der Waals surface area contributed by atoms with Gasteiger partial charge in [0.15, 0.2) is 22.3 Å². The fourth-order valence-electron chi connectivity index (χ4n) is 3.86. The standard InChI is InChI=1S/C31H20ClF2OS2/c32-26-20-23(16-19-25(26)31(35)21-8-2-1-3-9-21)36-22-14-17-24(18-15-22)37(29-12-6-4-10-27(29)33)30-13-7-5-11-28(30)34/h1-20H/q+1. The van der Waals surface area contributed by atoms with E-state index in [1.54, 1.807) is 60.7 Å². The molecule has 0 heterocycles. The second kappa shape index (κ2) is 11.3. The number of halogens is 3. The van der Waals surface area contributed by atoms with Crippen LogP contribution in [-0.2, 0) is 10.9 Å². The van der Waals surface area contributed by atoms with Crippen LogP contribution in [0, 0.1) is 11.6 Å². The molecule has 0 spiro atoms. The summed E-state index contributed by atoms with van der Waals surface area (Å²) in [6, 6.07) is 35.1. The zero-order chi connectivity index (χ0) is 25.8. The molecule has 37 heavy (non-hydrogen) atoms. The summed E-state index contributed by atoms with van der Waals surface area (Å²) in [7, 11) is -0.941. The highest BCUT2D eigenvalue weighted by Crippen LogP contribution is 2.37. The molecule has 0 radical (unpaired) electrons. The minimum Gasteiger partial charge on any atom is -0.289 e. The molecular formula is C31H20ClF2OS2+. The van der Waals surface area contributed by atoms with Gasteiger partial charge in [-0.2, -0.15) is 0 Å². The first-order chi connectivity index (χ1) is 18.0. The highest BCUT2D eigenvalue weighted by molar-refractivity contribution is 7.99. The molecule has 0 fully saturated rings. The molecule has 0 aromatic heterocycles. The van der Waals surface area contributed by atoms with Crippen LogP contribution in [0.15, 0.2) is 146 Å². The zero-order valence-corrected chi connectivity index (χ0v) is 21.8. The van der Waals surface area contributed by atoms with E-state index in [-0.39, 0.29) is 17.4 Å². The molecule has 0 atom stereocenters. The van der Waals surface area contributed by atoms with Crippen LogP contribution >= 0.6 is 23.4 Å². The Kier molecular flexibility index (Phi) is 7.75. The first-order valence-corrected chi connectivity index (χ1v) is 13.8. The lowest BCUT2D eigenvalue weighted by atomic mass is 10.0. The van der Waals surface area contributed by atoms with Crippen molar-refractivity contribution < 1.29 is 13.6 Å². The Bertz CT molecular complexity index is 1510. The lowest BCUT2D eigenvalue weighted by Crippen LogP contribution is -2.09. The number of hydrogen-bond acceptors (Lipinski definition) is 2. The van der Waals surface area contributed by atoms with Gasteiger partial charge in [0.25, 0.3) is 0 Å². The van der Waals surface area contributed by atoms with E-state index in [1.807, 2.05) is 48.5 Å². The van der Waals surface area contributed by atoms with Gasteiger partial charge < -0.3 is 0 Å². The number of ketones is 1. The van der Waals surface area contributed by atoms with E-state index < -0.39 is 10.9 Å². The molecule has 182 valence electrons. The molecule has 5 aromatic rings. The summed E-state index contributed by atoms with van der Waals surface area (Å²) in [4.78, 5) is 16.3. The van der Waals surface area contributed by atoms with E-state index in [9.17, 15) is 13.6 Å². The number of carbonyl (C=O) groups excluding carboxylic acids is 1. The molecule has 0 unspecified atom stereocenters. The van der Waals surface area contributed by atoms with E-state index in [4.69, 9.17) is 11.6 Å². The first-order valence-electron chi connectivity index (χ1n) is 11.4. The van der Waals surface area contributed by atoms with Gasteiger partial charge in [0.1, 0.15) is 10.9 Å². The van der Waals surface area contributed by atoms with Gasteiger partial charge >= 0.3 is 0 Å². The quantitative estimate of drug-likeness (QED) is 0.150. The van der Waals surface area contributed by atoms with E-state index in [0.29, 0.717) is 25.9 Å². The molecule has 5 rings (SSSR count).